The third-order valence-corrected chi connectivity index (χ3v) is 3.07. The highest BCUT2D eigenvalue weighted by atomic mass is 16.5. The number of nitrogens with zero attached hydrogens (tertiary/aromatic N) is 1. The topological polar surface area (TPSA) is 49.8 Å². The van der Waals surface area contributed by atoms with Crippen LogP contribution < -0.4 is 0 Å². The minimum Gasteiger partial charge on any atom is -0.480 e. The molecule has 0 saturated heterocycles. The second-order valence-corrected chi connectivity index (χ2v) is 5.46. The monoisotopic (exact) mass is 245 g/mol. The van der Waals surface area contributed by atoms with E-state index in [1.165, 1.54) is 0 Å². The number of hydrogen-bond donors (Lipinski definition) is 1. The fourth-order valence-electron chi connectivity index (χ4n) is 2.05. The zero-order valence-electron chi connectivity index (χ0n) is 12.0. The quantitative estimate of drug-likeness (QED) is 0.712. The Balaban J connectivity index is 5.00. The second-order valence-electron chi connectivity index (χ2n) is 5.46. The van der Waals surface area contributed by atoms with E-state index in [0.29, 0.717) is 18.9 Å². The molecule has 0 aliphatic heterocycles. The normalized spacial score (nSPS) is 15.6. The summed E-state index contributed by atoms with van der Waals surface area (Å²) >= 11 is 0. The van der Waals surface area contributed by atoms with Crippen molar-refractivity contribution in [2.75, 3.05) is 20.3 Å². The molecule has 0 aromatic carbocycles. The Morgan fingerprint density at radius 3 is 2.18 bits per heavy atom. The number of carbonyl (C=O) groups is 1. The van der Waals surface area contributed by atoms with E-state index >= 15 is 0 Å². The predicted octanol–water partition coefficient (Wildman–Crippen LogP) is 2.23. The maximum absolute atomic E-state index is 11.6. The van der Waals surface area contributed by atoms with Gasteiger partial charge in [0, 0.05) is 26.3 Å². The highest BCUT2D eigenvalue weighted by molar-refractivity contribution is 5.78. The summed E-state index contributed by atoms with van der Waals surface area (Å²) in [4.78, 5) is 13.6. The van der Waals surface area contributed by atoms with Crippen LogP contribution in [-0.2, 0) is 9.53 Å². The van der Waals surface area contributed by atoms with Gasteiger partial charge in [0.15, 0.2) is 0 Å². The first kappa shape index (κ1) is 16.4. The molecule has 0 bridgehead atoms. The highest BCUT2D eigenvalue weighted by Crippen LogP contribution is 2.24. The lowest BCUT2D eigenvalue weighted by Crippen LogP contribution is -2.57. The lowest BCUT2D eigenvalue weighted by Gasteiger charge is -2.41. The van der Waals surface area contributed by atoms with E-state index < -0.39 is 11.5 Å². The highest BCUT2D eigenvalue weighted by Gasteiger charge is 2.40. The molecule has 0 fully saturated rings. The number of ether oxygens (including phenoxy) is 1. The maximum Gasteiger partial charge on any atom is 0.323 e. The molecule has 0 radical (unpaired) electrons. The van der Waals surface area contributed by atoms with Gasteiger partial charge in [-0.05, 0) is 33.1 Å². The van der Waals surface area contributed by atoms with Crippen molar-refractivity contribution < 1.29 is 14.6 Å². The summed E-state index contributed by atoms with van der Waals surface area (Å²) in [6.45, 7) is 11.3. The Labute approximate surface area is 105 Å². The molecule has 1 unspecified atom stereocenters. The molecule has 0 amide bonds. The Morgan fingerprint density at radius 2 is 1.88 bits per heavy atom. The number of carboxylic acid groups (broad SMARTS) is 1. The zero-order chi connectivity index (χ0) is 13.6. The fraction of sp³-hybridized carbons (Fsp3) is 0.923. The van der Waals surface area contributed by atoms with E-state index in [4.69, 9.17) is 4.74 Å². The summed E-state index contributed by atoms with van der Waals surface area (Å²) in [6.07, 6.45) is 0.504. The first-order valence-electron chi connectivity index (χ1n) is 6.24. The molecule has 0 aromatic rings. The van der Waals surface area contributed by atoms with Crippen molar-refractivity contribution in [3.05, 3.63) is 0 Å². The summed E-state index contributed by atoms with van der Waals surface area (Å²) in [5.41, 5.74) is -0.853. The predicted molar refractivity (Wildman–Crippen MR) is 69.2 cm³/mol. The van der Waals surface area contributed by atoms with Crippen LogP contribution in [0.15, 0.2) is 0 Å². The van der Waals surface area contributed by atoms with E-state index in [9.17, 15) is 9.90 Å². The van der Waals surface area contributed by atoms with Crippen LogP contribution in [0.5, 0.6) is 0 Å². The zero-order valence-corrected chi connectivity index (χ0v) is 12.0. The van der Waals surface area contributed by atoms with Gasteiger partial charge in [-0.3, -0.25) is 9.69 Å². The molecule has 0 saturated carbocycles. The third-order valence-electron chi connectivity index (χ3n) is 3.07. The molecule has 0 aliphatic carbocycles. The van der Waals surface area contributed by atoms with Crippen molar-refractivity contribution in [2.24, 2.45) is 5.92 Å². The second kappa shape index (κ2) is 6.97. The number of carboxylic acids is 1. The van der Waals surface area contributed by atoms with Crippen LogP contribution in [0.3, 0.4) is 0 Å². The summed E-state index contributed by atoms with van der Waals surface area (Å²) in [6, 6.07) is 0.204. The van der Waals surface area contributed by atoms with Gasteiger partial charge in [0.1, 0.15) is 5.54 Å². The standard InChI is InChI=1S/C13H27NO3/c1-10(2)9-14(11(3)4)13(5,12(15)16)7-8-17-6/h10-11H,7-9H2,1-6H3,(H,15,16). The molecule has 102 valence electrons. The van der Waals surface area contributed by atoms with Crippen LogP contribution in [0, 0.1) is 5.92 Å². The lowest BCUT2D eigenvalue weighted by molar-refractivity contribution is -0.153. The van der Waals surface area contributed by atoms with Crippen LogP contribution >= 0.6 is 0 Å². The molecule has 0 aromatic heterocycles. The van der Waals surface area contributed by atoms with E-state index in [1.54, 1.807) is 14.0 Å². The minimum atomic E-state index is -0.853. The molecule has 0 rings (SSSR count). The average molecular weight is 245 g/mol. The van der Waals surface area contributed by atoms with Gasteiger partial charge in [0.05, 0.1) is 0 Å². The molecular weight excluding hydrogens is 218 g/mol. The largest absolute Gasteiger partial charge is 0.480 e. The van der Waals surface area contributed by atoms with Crippen LogP contribution in [0.2, 0.25) is 0 Å². The van der Waals surface area contributed by atoms with Gasteiger partial charge < -0.3 is 9.84 Å². The maximum atomic E-state index is 11.6. The van der Waals surface area contributed by atoms with E-state index in [1.807, 2.05) is 13.8 Å². The molecule has 4 nitrogen and oxygen atoms in total. The van der Waals surface area contributed by atoms with Crippen molar-refractivity contribution in [3.63, 3.8) is 0 Å². The summed E-state index contributed by atoms with van der Waals surface area (Å²) < 4.78 is 5.03. The van der Waals surface area contributed by atoms with Gasteiger partial charge in [-0.2, -0.15) is 0 Å². The Bertz CT molecular complexity index is 241. The van der Waals surface area contributed by atoms with Gasteiger partial charge >= 0.3 is 5.97 Å². The Morgan fingerprint density at radius 1 is 1.35 bits per heavy atom. The van der Waals surface area contributed by atoms with E-state index in [2.05, 4.69) is 18.7 Å². The van der Waals surface area contributed by atoms with Gasteiger partial charge in [0.25, 0.3) is 0 Å². The van der Waals surface area contributed by atoms with Crippen molar-refractivity contribution in [2.45, 2.75) is 52.6 Å². The third kappa shape index (κ3) is 4.64. The first-order chi connectivity index (χ1) is 7.75. The minimum absolute atomic E-state index is 0.204. The van der Waals surface area contributed by atoms with Crippen molar-refractivity contribution >= 4 is 5.97 Å². The Hall–Kier alpha value is -0.610. The van der Waals surface area contributed by atoms with Crippen molar-refractivity contribution in [3.8, 4) is 0 Å². The number of aliphatic carboxylic acids is 1. The fourth-order valence-corrected chi connectivity index (χ4v) is 2.05. The molecule has 17 heavy (non-hydrogen) atoms. The molecule has 1 atom stereocenters. The first-order valence-corrected chi connectivity index (χ1v) is 6.24. The molecular formula is C13H27NO3. The van der Waals surface area contributed by atoms with E-state index in [0.717, 1.165) is 6.54 Å². The molecule has 0 heterocycles. The van der Waals surface area contributed by atoms with Gasteiger partial charge in [-0.15, -0.1) is 0 Å². The number of hydrogen-bond acceptors (Lipinski definition) is 3. The van der Waals surface area contributed by atoms with Gasteiger partial charge in [-0.25, -0.2) is 0 Å². The van der Waals surface area contributed by atoms with E-state index in [-0.39, 0.29) is 6.04 Å². The van der Waals surface area contributed by atoms with Crippen LogP contribution in [0.4, 0.5) is 0 Å². The summed E-state index contributed by atoms with van der Waals surface area (Å²) in [5, 5.41) is 9.49. The van der Waals surface area contributed by atoms with Crippen LogP contribution in [0.1, 0.15) is 41.0 Å². The van der Waals surface area contributed by atoms with Gasteiger partial charge in [0.2, 0.25) is 0 Å². The number of methoxy groups -OCH3 is 1. The smallest absolute Gasteiger partial charge is 0.323 e. The average Bonchev–Trinajstić information content (AvgIpc) is 2.21. The Kier molecular flexibility index (Phi) is 6.72. The van der Waals surface area contributed by atoms with Crippen molar-refractivity contribution in [1.29, 1.82) is 0 Å². The molecule has 4 heteroatoms. The van der Waals surface area contributed by atoms with Crippen LogP contribution in [-0.4, -0.2) is 47.8 Å². The SMILES string of the molecule is COCCC(C)(C(=O)O)N(CC(C)C)C(C)C. The summed E-state index contributed by atoms with van der Waals surface area (Å²) in [5.74, 6) is -0.331. The molecule has 0 aliphatic rings. The van der Waals surface area contributed by atoms with Crippen LogP contribution in [0.25, 0.3) is 0 Å². The lowest BCUT2D eigenvalue weighted by atomic mass is 9.93. The van der Waals surface area contributed by atoms with Gasteiger partial charge in [-0.1, -0.05) is 13.8 Å². The summed E-state index contributed by atoms with van der Waals surface area (Å²) in [7, 11) is 1.60. The van der Waals surface area contributed by atoms with Crippen molar-refractivity contribution in [1.82, 2.24) is 4.90 Å². The molecule has 0 spiro atoms. The molecule has 1 N–H and O–H groups in total. The number of rotatable bonds is 8.